The molecule has 0 bridgehead atoms. The average Bonchev–Trinajstić information content (AvgIpc) is 2.18. The summed E-state index contributed by atoms with van der Waals surface area (Å²) >= 11 is 0. The molecule has 1 aliphatic heterocycles. The lowest BCUT2D eigenvalue weighted by Gasteiger charge is -2.34. The van der Waals surface area contributed by atoms with Crippen molar-refractivity contribution in [1.82, 2.24) is 14.7 Å². The number of β-amino-alcohol motifs (C(OH)–C–C–N with tert-alkyl or cyclic N) is 1. The van der Waals surface area contributed by atoms with E-state index in [2.05, 4.69) is 9.80 Å². The summed E-state index contributed by atoms with van der Waals surface area (Å²) in [4.78, 5) is 5.39. The normalized spacial score (nSPS) is 21.5. The standard InChI is InChI=1S/C11H22F3N3O/c1-15-3-5-17(6-4-15)8-10(18)7-16(2)9-11(12,13)14/h10,18H,3-9H2,1-2H3. The van der Waals surface area contributed by atoms with Crippen LogP contribution in [-0.2, 0) is 0 Å². The highest BCUT2D eigenvalue weighted by Crippen LogP contribution is 2.15. The van der Waals surface area contributed by atoms with Crippen molar-refractivity contribution in [2.75, 3.05) is 59.9 Å². The van der Waals surface area contributed by atoms with Gasteiger partial charge in [-0.15, -0.1) is 0 Å². The molecule has 1 rings (SSSR count). The summed E-state index contributed by atoms with van der Waals surface area (Å²) in [6.45, 7) is 3.10. The smallest absolute Gasteiger partial charge is 0.390 e. The van der Waals surface area contributed by atoms with E-state index in [1.165, 1.54) is 7.05 Å². The van der Waals surface area contributed by atoms with Gasteiger partial charge in [0.1, 0.15) is 0 Å². The van der Waals surface area contributed by atoms with Crippen molar-refractivity contribution in [2.45, 2.75) is 12.3 Å². The molecule has 7 heteroatoms. The van der Waals surface area contributed by atoms with Crippen molar-refractivity contribution in [3.63, 3.8) is 0 Å². The number of hydrogen-bond acceptors (Lipinski definition) is 4. The molecule has 0 saturated carbocycles. The number of alkyl halides is 3. The zero-order chi connectivity index (χ0) is 13.8. The van der Waals surface area contributed by atoms with Crippen molar-refractivity contribution >= 4 is 0 Å². The van der Waals surface area contributed by atoms with Crippen LogP contribution >= 0.6 is 0 Å². The third-order valence-electron chi connectivity index (χ3n) is 3.04. The van der Waals surface area contributed by atoms with Crippen molar-refractivity contribution in [1.29, 1.82) is 0 Å². The van der Waals surface area contributed by atoms with Gasteiger partial charge in [0.2, 0.25) is 0 Å². The molecule has 1 saturated heterocycles. The molecule has 0 spiro atoms. The minimum Gasteiger partial charge on any atom is -0.390 e. The van der Waals surface area contributed by atoms with Crippen LogP contribution in [0.2, 0.25) is 0 Å². The number of aliphatic hydroxyl groups is 1. The quantitative estimate of drug-likeness (QED) is 0.766. The van der Waals surface area contributed by atoms with E-state index in [9.17, 15) is 18.3 Å². The first-order chi connectivity index (χ1) is 8.26. The Balaban J connectivity index is 2.22. The van der Waals surface area contributed by atoms with Crippen LogP contribution in [0.5, 0.6) is 0 Å². The molecular formula is C11H22F3N3O. The Bertz CT molecular complexity index is 242. The first-order valence-electron chi connectivity index (χ1n) is 6.10. The Kier molecular flexibility index (Phi) is 5.84. The molecule has 0 aromatic carbocycles. The number of aliphatic hydroxyl groups excluding tert-OH is 1. The van der Waals surface area contributed by atoms with E-state index in [1.807, 2.05) is 7.05 Å². The molecule has 1 aliphatic rings. The molecule has 4 nitrogen and oxygen atoms in total. The molecule has 0 radical (unpaired) electrons. The third kappa shape index (κ3) is 6.53. The fourth-order valence-electron chi connectivity index (χ4n) is 2.12. The van der Waals surface area contributed by atoms with Crippen LogP contribution < -0.4 is 0 Å². The number of rotatable bonds is 5. The Labute approximate surface area is 106 Å². The van der Waals surface area contributed by atoms with Crippen LogP contribution in [0.15, 0.2) is 0 Å². The predicted octanol–water partition coefficient (Wildman–Crippen LogP) is 0.0888. The summed E-state index contributed by atoms with van der Waals surface area (Å²) in [5, 5.41) is 9.77. The second kappa shape index (κ2) is 6.70. The molecule has 1 fully saturated rings. The van der Waals surface area contributed by atoms with Crippen molar-refractivity contribution in [2.24, 2.45) is 0 Å². The van der Waals surface area contributed by atoms with E-state index in [0.29, 0.717) is 6.54 Å². The fraction of sp³-hybridized carbons (Fsp3) is 1.00. The molecule has 0 aromatic heterocycles. The highest BCUT2D eigenvalue weighted by Gasteiger charge is 2.30. The topological polar surface area (TPSA) is 30.0 Å². The van der Waals surface area contributed by atoms with E-state index in [-0.39, 0.29) is 6.54 Å². The fourth-order valence-corrected chi connectivity index (χ4v) is 2.12. The lowest BCUT2D eigenvalue weighted by molar-refractivity contribution is -0.145. The number of piperazine rings is 1. The number of nitrogens with zero attached hydrogens (tertiary/aromatic N) is 3. The maximum atomic E-state index is 12.1. The summed E-state index contributed by atoms with van der Waals surface area (Å²) in [5.74, 6) is 0. The van der Waals surface area contributed by atoms with Gasteiger partial charge in [0.25, 0.3) is 0 Å². The van der Waals surface area contributed by atoms with Crippen molar-refractivity contribution < 1.29 is 18.3 Å². The maximum Gasteiger partial charge on any atom is 0.401 e. The second-order valence-electron chi connectivity index (χ2n) is 5.07. The first kappa shape index (κ1) is 15.7. The van der Waals surface area contributed by atoms with Gasteiger partial charge in [0.15, 0.2) is 0 Å². The van der Waals surface area contributed by atoms with E-state index in [1.54, 1.807) is 0 Å². The molecule has 1 N–H and O–H groups in total. The average molecular weight is 269 g/mol. The lowest BCUT2D eigenvalue weighted by Crippen LogP contribution is -2.49. The Hall–Kier alpha value is -0.370. The minimum absolute atomic E-state index is 0.0475. The number of halogens is 3. The molecule has 108 valence electrons. The van der Waals surface area contributed by atoms with Gasteiger partial charge in [-0.1, -0.05) is 0 Å². The second-order valence-corrected chi connectivity index (χ2v) is 5.07. The SMILES string of the molecule is CN1CCN(CC(O)CN(C)CC(F)(F)F)CC1. The molecule has 0 aliphatic carbocycles. The Morgan fingerprint density at radius 3 is 2.28 bits per heavy atom. The molecule has 1 atom stereocenters. The first-order valence-corrected chi connectivity index (χ1v) is 6.10. The summed E-state index contributed by atoms with van der Waals surface area (Å²) in [5.41, 5.74) is 0. The van der Waals surface area contributed by atoms with Crippen LogP contribution in [0.3, 0.4) is 0 Å². The highest BCUT2D eigenvalue weighted by atomic mass is 19.4. The summed E-state index contributed by atoms with van der Waals surface area (Å²) in [6, 6.07) is 0. The molecule has 1 unspecified atom stereocenters. The molecule has 1 heterocycles. The van der Waals surface area contributed by atoms with Crippen molar-refractivity contribution in [3.8, 4) is 0 Å². The van der Waals surface area contributed by atoms with Gasteiger partial charge in [-0.2, -0.15) is 13.2 Å². The Morgan fingerprint density at radius 1 is 1.22 bits per heavy atom. The van der Waals surface area contributed by atoms with Crippen LogP contribution in [-0.4, -0.2) is 92.0 Å². The van der Waals surface area contributed by atoms with Gasteiger partial charge in [0.05, 0.1) is 12.6 Å². The summed E-state index contributed by atoms with van der Waals surface area (Å²) < 4.78 is 36.4. The van der Waals surface area contributed by atoms with Gasteiger partial charge in [-0.3, -0.25) is 9.80 Å². The molecule has 0 aromatic rings. The van der Waals surface area contributed by atoms with Gasteiger partial charge in [-0.05, 0) is 14.1 Å². The third-order valence-corrected chi connectivity index (χ3v) is 3.04. The van der Waals surface area contributed by atoms with Crippen LogP contribution in [0.4, 0.5) is 13.2 Å². The minimum atomic E-state index is -4.21. The van der Waals surface area contributed by atoms with Crippen LogP contribution in [0.25, 0.3) is 0 Å². The van der Waals surface area contributed by atoms with Gasteiger partial charge in [-0.25, -0.2) is 0 Å². The zero-order valence-electron chi connectivity index (χ0n) is 10.9. The van der Waals surface area contributed by atoms with Crippen LogP contribution in [0, 0.1) is 0 Å². The Morgan fingerprint density at radius 2 is 1.78 bits per heavy atom. The van der Waals surface area contributed by atoms with E-state index >= 15 is 0 Å². The van der Waals surface area contributed by atoms with Crippen LogP contribution in [0.1, 0.15) is 0 Å². The molecule has 0 amide bonds. The van der Waals surface area contributed by atoms with E-state index < -0.39 is 18.8 Å². The number of hydrogen-bond donors (Lipinski definition) is 1. The van der Waals surface area contributed by atoms with E-state index in [4.69, 9.17) is 0 Å². The zero-order valence-corrected chi connectivity index (χ0v) is 10.9. The summed E-state index contributed by atoms with van der Waals surface area (Å²) in [7, 11) is 3.41. The van der Waals surface area contributed by atoms with Crippen molar-refractivity contribution in [3.05, 3.63) is 0 Å². The van der Waals surface area contributed by atoms with E-state index in [0.717, 1.165) is 31.1 Å². The highest BCUT2D eigenvalue weighted by molar-refractivity contribution is 4.74. The van der Waals surface area contributed by atoms with Gasteiger partial charge in [0, 0.05) is 39.3 Å². The number of likely N-dealkylation sites (N-methyl/N-ethyl adjacent to an activating group) is 2. The molecular weight excluding hydrogens is 247 g/mol. The summed E-state index contributed by atoms with van der Waals surface area (Å²) in [6.07, 6.45) is -4.94. The van der Waals surface area contributed by atoms with Gasteiger partial charge < -0.3 is 10.0 Å². The van der Waals surface area contributed by atoms with Gasteiger partial charge >= 0.3 is 6.18 Å². The largest absolute Gasteiger partial charge is 0.401 e. The monoisotopic (exact) mass is 269 g/mol. The molecule has 18 heavy (non-hydrogen) atoms. The maximum absolute atomic E-state index is 12.1. The lowest BCUT2D eigenvalue weighted by atomic mass is 10.2. The predicted molar refractivity (Wildman–Crippen MR) is 63.5 cm³/mol.